The molecule has 0 bridgehead atoms. The molecule has 0 radical (unpaired) electrons. The summed E-state index contributed by atoms with van der Waals surface area (Å²) in [7, 11) is 5.84. The van der Waals surface area contributed by atoms with Crippen LogP contribution < -0.4 is 9.80 Å². The summed E-state index contributed by atoms with van der Waals surface area (Å²) in [6, 6.07) is 1.93. The maximum Gasteiger partial charge on any atom is 0.226 e. The molecule has 1 aliphatic carbocycles. The number of hydrogen-bond acceptors (Lipinski definition) is 7. The molecule has 8 nitrogen and oxygen atoms in total. The van der Waals surface area contributed by atoms with E-state index in [0.717, 1.165) is 24.0 Å². The van der Waals surface area contributed by atoms with Gasteiger partial charge in [0.2, 0.25) is 5.95 Å². The van der Waals surface area contributed by atoms with Crippen molar-refractivity contribution in [1.29, 1.82) is 0 Å². The van der Waals surface area contributed by atoms with Crippen LogP contribution in [-0.2, 0) is 6.54 Å². The lowest BCUT2D eigenvalue weighted by Gasteiger charge is -2.29. The molecule has 2 fully saturated rings. The molecule has 1 aliphatic heterocycles. The average molecular weight is 374 g/mol. The van der Waals surface area contributed by atoms with Crippen LogP contribution in [-0.4, -0.2) is 76.5 Å². The lowest BCUT2D eigenvalue weighted by Crippen LogP contribution is -2.39. The van der Waals surface area contributed by atoms with E-state index < -0.39 is 6.17 Å². The predicted molar refractivity (Wildman–Crippen MR) is 102 cm³/mol. The van der Waals surface area contributed by atoms with Gasteiger partial charge in [0.05, 0.1) is 13.1 Å². The lowest BCUT2D eigenvalue weighted by atomic mass is 10.2. The standard InChI is InChI=1S/C18H27FN8/c1-25(2)18-20-7-6-16(22-18)27-9-13(19)8-14(27)10-26(3)11-15-21-17(24-23-15)12-4-5-12/h6-7,12-14H,4-5,8-11H2,1-3H3,(H,21,23,24)/t13-,14-/m0/s1. The first-order chi connectivity index (χ1) is 13.0. The molecule has 1 N–H and O–H groups in total. The smallest absolute Gasteiger partial charge is 0.226 e. The second-order valence-electron chi connectivity index (χ2n) is 7.86. The number of alkyl halides is 1. The number of halogens is 1. The fourth-order valence-electron chi connectivity index (χ4n) is 3.61. The van der Waals surface area contributed by atoms with Gasteiger partial charge in [0.25, 0.3) is 0 Å². The van der Waals surface area contributed by atoms with E-state index in [0.29, 0.717) is 31.4 Å². The quantitative estimate of drug-likeness (QED) is 0.788. The summed E-state index contributed by atoms with van der Waals surface area (Å²) in [5.41, 5.74) is 0. The molecule has 0 unspecified atom stereocenters. The molecular formula is C18H27FN8. The normalized spacial score (nSPS) is 22.6. The van der Waals surface area contributed by atoms with E-state index >= 15 is 0 Å². The fraction of sp³-hybridized carbons (Fsp3) is 0.667. The summed E-state index contributed by atoms with van der Waals surface area (Å²) in [5.74, 6) is 3.76. The largest absolute Gasteiger partial charge is 0.349 e. The van der Waals surface area contributed by atoms with Crippen molar-refractivity contribution in [3.63, 3.8) is 0 Å². The molecule has 1 saturated carbocycles. The molecule has 27 heavy (non-hydrogen) atoms. The van der Waals surface area contributed by atoms with Gasteiger partial charge in [-0.1, -0.05) is 0 Å². The van der Waals surface area contributed by atoms with E-state index in [-0.39, 0.29) is 6.04 Å². The highest BCUT2D eigenvalue weighted by atomic mass is 19.1. The van der Waals surface area contributed by atoms with Crippen LogP contribution in [0.3, 0.4) is 0 Å². The van der Waals surface area contributed by atoms with Gasteiger partial charge >= 0.3 is 0 Å². The summed E-state index contributed by atoms with van der Waals surface area (Å²) in [6.45, 7) is 1.78. The third-order valence-electron chi connectivity index (χ3n) is 5.12. The minimum Gasteiger partial charge on any atom is -0.349 e. The van der Waals surface area contributed by atoms with Gasteiger partial charge in [-0.2, -0.15) is 10.1 Å². The second-order valence-corrected chi connectivity index (χ2v) is 7.86. The third kappa shape index (κ3) is 4.18. The number of hydrogen-bond donors (Lipinski definition) is 1. The highest BCUT2D eigenvalue weighted by molar-refractivity contribution is 5.45. The van der Waals surface area contributed by atoms with Crippen molar-refractivity contribution in [3.8, 4) is 0 Å². The summed E-state index contributed by atoms with van der Waals surface area (Å²) in [4.78, 5) is 19.5. The molecule has 0 spiro atoms. The van der Waals surface area contributed by atoms with Crippen LogP contribution in [0.4, 0.5) is 16.2 Å². The van der Waals surface area contributed by atoms with E-state index in [1.165, 1.54) is 12.8 Å². The molecule has 2 atom stereocenters. The minimum atomic E-state index is -0.840. The molecule has 0 amide bonds. The van der Waals surface area contributed by atoms with Crippen LogP contribution in [0.1, 0.15) is 36.8 Å². The Balaban J connectivity index is 1.42. The number of aromatic amines is 1. The zero-order valence-electron chi connectivity index (χ0n) is 16.1. The van der Waals surface area contributed by atoms with Gasteiger partial charge < -0.3 is 9.80 Å². The maximum absolute atomic E-state index is 14.2. The number of nitrogens with one attached hydrogen (secondary N) is 1. The Bertz CT molecular complexity index is 774. The molecule has 146 valence electrons. The van der Waals surface area contributed by atoms with Gasteiger partial charge in [-0.15, -0.1) is 0 Å². The third-order valence-corrected chi connectivity index (χ3v) is 5.12. The Morgan fingerprint density at radius 3 is 2.81 bits per heavy atom. The zero-order chi connectivity index (χ0) is 19.0. The van der Waals surface area contributed by atoms with Crippen molar-refractivity contribution in [2.75, 3.05) is 44.0 Å². The Hall–Kier alpha value is -2.29. The minimum absolute atomic E-state index is 0.0701. The average Bonchev–Trinajstić information content (AvgIpc) is 3.28. The highest BCUT2D eigenvalue weighted by Crippen LogP contribution is 2.37. The molecule has 2 aromatic rings. The van der Waals surface area contributed by atoms with Gasteiger partial charge in [-0.25, -0.2) is 14.4 Å². The van der Waals surface area contributed by atoms with Crippen LogP contribution in [0.2, 0.25) is 0 Å². The summed E-state index contributed by atoms with van der Waals surface area (Å²) in [5, 5.41) is 7.35. The Labute approximate surface area is 158 Å². The van der Waals surface area contributed by atoms with Crippen LogP contribution in [0, 0.1) is 0 Å². The van der Waals surface area contributed by atoms with Gasteiger partial charge in [0.1, 0.15) is 17.8 Å². The summed E-state index contributed by atoms with van der Waals surface area (Å²) in [6.07, 6.45) is 3.78. The highest BCUT2D eigenvalue weighted by Gasteiger charge is 2.34. The van der Waals surface area contributed by atoms with Gasteiger partial charge in [-0.3, -0.25) is 10.00 Å². The Morgan fingerprint density at radius 1 is 1.26 bits per heavy atom. The van der Waals surface area contributed by atoms with Crippen molar-refractivity contribution >= 4 is 11.8 Å². The van der Waals surface area contributed by atoms with Gasteiger partial charge in [0, 0.05) is 45.2 Å². The lowest BCUT2D eigenvalue weighted by molar-refractivity contribution is 0.284. The molecule has 1 saturated heterocycles. The van der Waals surface area contributed by atoms with Crippen molar-refractivity contribution < 1.29 is 4.39 Å². The number of anilines is 2. The van der Waals surface area contributed by atoms with Gasteiger partial charge in [-0.05, 0) is 26.0 Å². The number of H-pyrrole nitrogens is 1. The van der Waals surface area contributed by atoms with E-state index in [4.69, 9.17) is 0 Å². The van der Waals surface area contributed by atoms with E-state index in [2.05, 4.69) is 34.9 Å². The van der Waals surface area contributed by atoms with E-state index in [1.807, 2.05) is 32.1 Å². The van der Waals surface area contributed by atoms with Crippen LogP contribution >= 0.6 is 0 Å². The van der Waals surface area contributed by atoms with Crippen molar-refractivity contribution in [2.45, 2.75) is 43.9 Å². The first kappa shape index (κ1) is 18.1. The Morgan fingerprint density at radius 2 is 2.07 bits per heavy atom. The van der Waals surface area contributed by atoms with E-state index in [9.17, 15) is 4.39 Å². The molecule has 0 aromatic carbocycles. The van der Waals surface area contributed by atoms with Crippen molar-refractivity contribution in [1.82, 2.24) is 30.0 Å². The molecule has 3 heterocycles. The molecule has 9 heteroatoms. The molecular weight excluding hydrogens is 347 g/mol. The van der Waals surface area contributed by atoms with Crippen molar-refractivity contribution in [2.24, 2.45) is 0 Å². The fourth-order valence-corrected chi connectivity index (χ4v) is 3.61. The van der Waals surface area contributed by atoms with E-state index in [1.54, 1.807) is 6.20 Å². The number of likely N-dealkylation sites (N-methyl/N-ethyl adjacent to an activating group) is 1. The zero-order valence-corrected chi connectivity index (χ0v) is 16.1. The first-order valence-electron chi connectivity index (χ1n) is 9.50. The topological polar surface area (TPSA) is 77.1 Å². The summed E-state index contributed by atoms with van der Waals surface area (Å²) < 4.78 is 14.2. The molecule has 2 aliphatic rings. The number of nitrogens with zero attached hydrogens (tertiary/aromatic N) is 7. The monoisotopic (exact) mass is 374 g/mol. The second kappa shape index (κ2) is 7.38. The Kier molecular flexibility index (Phi) is 4.94. The van der Waals surface area contributed by atoms with Crippen LogP contribution in [0.15, 0.2) is 12.3 Å². The SMILES string of the molecule is CN(Cc1nc(C2CC2)n[nH]1)C[C@@H]1C[C@H](F)CN1c1ccnc(N(C)C)n1. The maximum atomic E-state index is 14.2. The summed E-state index contributed by atoms with van der Waals surface area (Å²) >= 11 is 0. The first-order valence-corrected chi connectivity index (χ1v) is 9.50. The van der Waals surface area contributed by atoms with Crippen LogP contribution in [0.25, 0.3) is 0 Å². The number of aromatic nitrogens is 5. The van der Waals surface area contributed by atoms with Gasteiger partial charge in [0.15, 0.2) is 5.82 Å². The van der Waals surface area contributed by atoms with Crippen LogP contribution in [0.5, 0.6) is 0 Å². The van der Waals surface area contributed by atoms with Crippen molar-refractivity contribution in [3.05, 3.63) is 23.9 Å². The molecule has 4 rings (SSSR count). The molecule has 2 aromatic heterocycles. The predicted octanol–water partition coefficient (Wildman–Crippen LogP) is 1.59. The number of rotatable bonds is 7.